The maximum atomic E-state index is 12.4. The molecule has 1 unspecified atom stereocenters. The van der Waals surface area contributed by atoms with Crippen molar-refractivity contribution in [2.45, 2.75) is 45.3 Å². The van der Waals surface area contributed by atoms with Crippen molar-refractivity contribution in [1.82, 2.24) is 4.90 Å². The van der Waals surface area contributed by atoms with Crippen LogP contribution in [-0.2, 0) is 9.47 Å². The summed E-state index contributed by atoms with van der Waals surface area (Å²) < 4.78 is 16.6. The van der Waals surface area contributed by atoms with Crippen LogP contribution >= 0.6 is 0 Å². The van der Waals surface area contributed by atoms with E-state index in [2.05, 4.69) is 17.1 Å². The number of piperidine rings is 1. The Morgan fingerprint density at radius 3 is 2.72 bits per heavy atom. The van der Waals surface area contributed by atoms with Crippen molar-refractivity contribution in [2.75, 3.05) is 38.7 Å². The van der Waals surface area contributed by atoms with E-state index in [0.29, 0.717) is 24.7 Å². The minimum Gasteiger partial charge on any atom is -0.491 e. The third-order valence-corrected chi connectivity index (χ3v) is 4.23. The summed E-state index contributed by atoms with van der Waals surface area (Å²) in [6, 6.07) is 7.41. The molecule has 0 radical (unpaired) electrons. The Kier molecular flexibility index (Phi) is 8.55. The topological polar surface area (TPSA) is 60.0 Å². The number of methoxy groups -OCH3 is 1. The Hall–Kier alpha value is -1.79. The average Bonchev–Trinajstić information content (AvgIpc) is 2.64. The van der Waals surface area contributed by atoms with Crippen LogP contribution in [0.1, 0.15) is 39.0 Å². The van der Waals surface area contributed by atoms with Gasteiger partial charge in [-0.15, -0.1) is 0 Å². The molecule has 0 spiro atoms. The van der Waals surface area contributed by atoms with E-state index in [-0.39, 0.29) is 6.23 Å². The number of carbonyl (C=O) groups excluding carboxylic acids is 1. The lowest BCUT2D eigenvalue weighted by atomic mass is 10.1. The number of carbonyl (C=O) groups is 1. The van der Waals surface area contributed by atoms with E-state index in [1.54, 1.807) is 7.11 Å². The van der Waals surface area contributed by atoms with Gasteiger partial charge >= 0.3 is 6.09 Å². The molecule has 1 fully saturated rings. The van der Waals surface area contributed by atoms with Crippen molar-refractivity contribution < 1.29 is 19.0 Å². The molecule has 1 heterocycles. The molecule has 0 bridgehead atoms. The van der Waals surface area contributed by atoms with Crippen LogP contribution in [0.3, 0.4) is 0 Å². The number of benzene rings is 1. The van der Waals surface area contributed by atoms with Crippen molar-refractivity contribution in [2.24, 2.45) is 0 Å². The number of amides is 1. The summed E-state index contributed by atoms with van der Waals surface area (Å²) in [7, 11) is 1.62. The number of unbranched alkanes of at least 4 members (excludes halogenated alkanes) is 1. The van der Waals surface area contributed by atoms with Crippen molar-refractivity contribution in [3.05, 3.63) is 24.3 Å². The maximum Gasteiger partial charge on any atom is 0.413 e. The van der Waals surface area contributed by atoms with E-state index >= 15 is 0 Å². The predicted octanol–water partition coefficient (Wildman–Crippen LogP) is 3.87. The number of rotatable bonds is 9. The summed E-state index contributed by atoms with van der Waals surface area (Å²) in [5.74, 6) is 0.661. The van der Waals surface area contributed by atoms with E-state index in [1.807, 2.05) is 24.3 Å². The van der Waals surface area contributed by atoms with Gasteiger partial charge in [-0.05, 0) is 31.4 Å². The normalized spacial score (nSPS) is 16.2. The van der Waals surface area contributed by atoms with Crippen LogP contribution in [0.25, 0.3) is 0 Å². The number of nitrogens with zero attached hydrogens (tertiary/aromatic N) is 1. The lowest BCUT2D eigenvalue weighted by Gasteiger charge is -2.33. The molecule has 6 nitrogen and oxygen atoms in total. The zero-order chi connectivity index (χ0) is 17.9. The SMILES string of the molecule is CCCCOc1ccccc1NC(=O)OC(COC)N1CCCCC1. The van der Waals surface area contributed by atoms with Gasteiger partial charge in [-0.2, -0.15) is 0 Å². The molecule has 1 aliphatic rings. The van der Waals surface area contributed by atoms with Gasteiger partial charge < -0.3 is 14.2 Å². The fourth-order valence-corrected chi connectivity index (χ4v) is 2.85. The first-order valence-electron chi connectivity index (χ1n) is 9.17. The second-order valence-electron chi connectivity index (χ2n) is 6.24. The molecule has 1 amide bonds. The fraction of sp³-hybridized carbons (Fsp3) is 0.632. The molecule has 0 saturated carbocycles. The van der Waals surface area contributed by atoms with Crippen LogP contribution < -0.4 is 10.1 Å². The third kappa shape index (κ3) is 6.55. The van der Waals surface area contributed by atoms with Crippen molar-refractivity contribution in [3.63, 3.8) is 0 Å². The molecule has 1 N–H and O–H groups in total. The molecule has 1 atom stereocenters. The Bertz CT molecular complexity index is 518. The predicted molar refractivity (Wildman–Crippen MR) is 98.0 cm³/mol. The Morgan fingerprint density at radius 1 is 1.24 bits per heavy atom. The van der Waals surface area contributed by atoms with Gasteiger partial charge in [0.15, 0.2) is 6.23 Å². The second-order valence-corrected chi connectivity index (χ2v) is 6.24. The van der Waals surface area contributed by atoms with Gasteiger partial charge in [0.2, 0.25) is 0 Å². The van der Waals surface area contributed by atoms with Crippen LogP contribution in [-0.4, -0.2) is 50.6 Å². The number of hydrogen-bond donors (Lipinski definition) is 1. The van der Waals surface area contributed by atoms with Crippen molar-refractivity contribution in [1.29, 1.82) is 0 Å². The molecule has 1 aromatic carbocycles. The molecular weight excluding hydrogens is 320 g/mol. The largest absolute Gasteiger partial charge is 0.491 e. The van der Waals surface area contributed by atoms with Gasteiger partial charge in [-0.1, -0.05) is 31.9 Å². The Morgan fingerprint density at radius 2 is 2.00 bits per heavy atom. The Balaban J connectivity index is 1.93. The highest BCUT2D eigenvalue weighted by Crippen LogP contribution is 2.24. The van der Waals surface area contributed by atoms with Crippen molar-refractivity contribution in [3.8, 4) is 5.75 Å². The maximum absolute atomic E-state index is 12.4. The van der Waals surface area contributed by atoms with Gasteiger partial charge in [0.1, 0.15) is 5.75 Å². The summed E-state index contributed by atoms with van der Waals surface area (Å²) in [6.07, 6.45) is 4.66. The van der Waals surface area contributed by atoms with E-state index < -0.39 is 6.09 Å². The van der Waals surface area contributed by atoms with E-state index in [0.717, 1.165) is 38.8 Å². The van der Waals surface area contributed by atoms with E-state index in [1.165, 1.54) is 6.42 Å². The molecule has 0 aromatic heterocycles. The quantitative estimate of drug-likeness (QED) is 0.685. The minimum atomic E-state index is -0.487. The number of ether oxygens (including phenoxy) is 3. The van der Waals surface area contributed by atoms with Crippen LogP contribution in [0, 0.1) is 0 Å². The number of hydrogen-bond acceptors (Lipinski definition) is 5. The zero-order valence-electron chi connectivity index (χ0n) is 15.3. The highest BCUT2D eigenvalue weighted by Gasteiger charge is 2.24. The minimum absolute atomic E-state index is 0.363. The third-order valence-electron chi connectivity index (χ3n) is 4.23. The average molecular weight is 350 g/mol. The van der Waals surface area contributed by atoms with Crippen LogP contribution in [0.5, 0.6) is 5.75 Å². The molecule has 140 valence electrons. The summed E-state index contributed by atoms with van der Waals surface area (Å²) in [5.41, 5.74) is 0.624. The van der Waals surface area contributed by atoms with Gasteiger partial charge in [0.05, 0.1) is 18.9 Å². The lowest BCUT2D eigenvalue weighted by molar-refractivity contribution is -0.0586. The first-order chi connectivity index (χ1) is 12.2. The summed E-state index contributed by atoms with van der Waals surface area (Å²) >= 11 is 0. The Labute approximate surface area is 150 Å². The first-order valence-corrected chi connectivity index (χ1v) is 9.17. The molecular formula is C19H30N2O4. The highest BCUT2D eigenvalue weighted by atomic mass is 16.6. The molecule has 0 aliphatic carbocycles. The lowest BCUT2D eigenvalue weighted by Crippen LogP contribution is -2.45. The zero-order valence-corrected chi connectivity index (χ0v) is 15.3. The molecule has 1 aliphatic heterocycles. The first kappa shape index (κ1) is 19.5. The van der Waals surface area contributed by atoms with Gasteiger partial charge in [-0.25, -0.2) is 4.79 Å². The van der Waals surface area contributed by atoms with Crippen LogP contribution in [0.4, 0.5) is 10.5 Å². The number of nitrogens with one attached hydrogen (secondary N) is 1. The van der Waals surface area contributed by atoms with Crippen molar-refractivity contribution >= 4 is 11.8 Å². The smallest absolute Gasteiger partial charge is 0.413 e. The number of anilines is 1. The van der Waals surface area contributed by atoms with Gasteiger partial charge in [-0.3, -0.25) is 10.2 Å². The highest BCUT2D eigenvalue weighted by molar-refractivity contribution is 5.86. The summed E-state index contributed by atoms with van der Waals surface area (Å²) in [4.78, 5) is 14.5. The molecule has 2 rings (SSSR count). The van der Waals surface area contributed by atoms with Crippen LogP contribution in [0.15, 0.2) is 24.3 Å². The van der Waals surface area contributed by atoms with Crippen LogP contribution in [0.2, 0.25) is 0 Å². The summed E-state index contributed by atoms with van der Waals surface area (Å²) in [5, 5.41) is 2.80. The van der Waals surface area contributed by atoms with E-state index in [4.69, 9.17) is 14.2 Å². The second kappa shape index (κ2) is 10.9. The monoisotopic (exact) mass is 350 g/mol. The standard InChI is InChI=1S/C19H30N2O4/c1-3-4-14-24-17-11-7-6-10-16(17)20-19(22)25-18(15-23-2)21-12-8-5-9-13-21/h6-7,10-11,18H,3-5,8-9,12-15H2,1-2H3,(H,20,22). The fourth-order valence-electron chi connectivity index (χ4n) is 2.85. The van der Waals surface area contributed by atoms with E-state index in [9.17, 15) is 4.79 Å². The molecule has 6 heteroatoms. The molecule has 25 heavy (non-hydrogen) atoms. The van der Waals surface area contributed by atoms with Gasteiger partial charge in [0, 0.05) is 20.2 Å². The molecule has 1 aromatic rings. The summed E-state index contributed by atoms with van der Waals surface area (Å²) in [6.45, 7) is 4.96. The molecule has 1 saturated heterocycles. The van der Waals surface area contributed by atoms with Gasteiger partial charge in [0.25, 0.3) is 0 Å². The number of likely N-dealkylation sites (tertiary alicyclic amines) is 1. The number of para-hydroxylation sites is 2.